The van der Waals surface area contributed by atoms with E-state index in [9.17, 15) is 4.79 Å². The van der Waals surface area contributed by atoms with Crippen molar-refractivity contribution in [2.24, 2.45) is 0 Å². The molecule has 3 rings (SSSR count). The summed E-state index contributed by atoms with van der Waals surface area (Å²) in [6, 6.07) is 12.6. The standard InChI is InChI=1S/C18H18N4O3/c1-11-7-8-16(25-11)13-9-14(22-18(19)21-13)17(23)20-10-12-5-3-4-6-15(12)24-2/h3-9H,10H2,1-2H3,(H,20,23)(H2,19,21,22). The van der Waals surface area contributed by atoms with Crippen LogP contribution in [0, 0.1) is 6.92 Å². The molecular formula is C18H18N4O3. The average Bonchev–Trinajstić information content (AvgIpc) is 3.06. The van der Waals surface area contributed by atoms with Crippen molar-refractivity contribution in [2.75, 3.05) is 12.8 Å². The van der Waals surface area contributed by atoms with Gasteiger partial charge >= 0.3 is 0 Å². The molecule has 0 aliphatic heterocycles. The second-order valence-electron chi connectivity index (χ2n) is 5.40. The third-order valence-electron chi connectivity index (χ3n) is 3.60. The van der Waals surface area contributed by atoms with Crippen LogP contribution in [-0.2, 0) is 6.54 Å². The van der Waals surface area contributed by atoms with Crippen LogP contribution in [0.2, 0.25) is 0 Å². The molecule has 0 radical (unpaired) electrons. The molecule has 0 aliphatic rings. The zero-order chi connectivity index (χ0) is 17.8. The number of benzene rings is 1. The van der Waals surface area contributed by atoms with E-state index in [2.05, 4.69) is 15.3 Å². The Bertz CT molecular complexity index is 905. The van der Waals surface area contributed by atoms with Crippen LogP contribution in [-0.4, -0.2) is 23.0 Å². The first kappa shape index (κ1) is 16.5. The van der Waals surface area contributed by atoms with Gasteiger partial charge in [-0.2, -0.15) is 0 Å². The molecule has 0 saturated carbocycles. The molecule has 2 heterocycles. The zero-order valence-corrected chi connectivity index (χ0v) is 13.9. The van der Waals surface area contributed by atoms with Gasteiger partial charge in [-0.05, 0) is 31.2 Å². The Morgan fingerprint density at radius 3 is 2.76 bits per heavy atom. The van der Waals surface area contributed by atoms with Crippen LogP contribution in [0.5, 0.6) is 5.75 Å². The summed E-state index contributed by atoms with van der Waals surface area (Å²) in [4.78, 5) is 20.6. The maximum absolute atomic E-state index is 12.4. The molecule has 0 fully saturated rings. The molecule has 1 amide bonds. The number of nitrogens with two attached hydrogens (primary N) is 1. The maximum atomic E-state index is 12.4. The minimum absolute atomic E-state index is 0.00833. The van der Waals surface area contributed by atoms with Crippen molar-refractivity contribution in [3.05, 3.63) is 59.5 Å². The molecule has 25 heavy (non-hydrogen) atoms. The van der Waals surface area contributed by atoms with Crippen LogP contribution in [0.4, 0.5) is 5.95 Å². The molecule has 0 bridgehead atoms. The Hall–Kier alpha value is -3.35. The monoisotopic (exact) mass is 338 g/mol. The quantitative estimate of drug-likeness (QED) is 0.741. The smallest absolute Gasteiger partial charge is 0.270 e. The molecule has 0 spiro atoms. The van der Waals surface area contributed by atoms with Crippen molar-refractivity contribution in [2.45, 2.75) is 13.5 Å². The topological polar surface area (TPSA) is 103 Å². The number of carbonyl (C=O) groups excluding carboxylic acids is 1. The number of para-hydroxylation sites is 1. The van der Waals surface area contributed by atoms with Crippen molar-refractivity contribution in [1.29, 1.82) is 0 Å². The zero-order valence-electron chi connectivity index (χ0n) is 13.9. The average molecular weight is 338 g/mol. The summed E-state index contributed by atoms with van der Waals surface area (Å²) in [5, 5.41) is 2.81. The first-order valence-electron chi connectivity index (χ1n) is 7.68. The van der Waals surface area contributed by atoms with Crippen LogP contribution in [0.15, 0.2) is 46.9 Å². The molecule has 3 aromatic rings. The molecule has 7 heteroatoms. The first-order chi connectivity index (χ1) is 12.1. The summed E-state index contributed by atoms with van der Waals surface area (Å²) >= 11 is 0. The number of ether oxygens (including phenoxy) is 1. The first-order valence-corrected chi connectivity index (χ1v) is 7.68. The van der Waals surface area contributed by atoms with Crippen molar-refractivity contribution in [1.82, 2.24) is 15.3 Å². The summed E-state index contributed by atoms with van der Waals surface area (Å²) in [5.41, 5.74) is 7.23. The van der Waals surface area contributed by atoms with Gasteiger partial charge in [0.25, 0.3) is 5.91 Å². The normalized spacial score (nSPS) is 10.5. The lowest BCUT2D eigenvalue weighted by Gasteiger charge is -2.09. The number of nitrogen functional groups attached to an aromatic ring is 1. The second-order valence-corrected chi connectivity index (χ2v) is 5.40. The molecule has 0 unspecified atom stereocenters. The lowest BCUT2D eigenvalue weighted by atomic mass is 10.2. The number of methoxy groups -OCH3 is 1. The van der Waals surface area contributed by atoms with Crippen LogP contribution in [0.25, 0.3) is 11.5 Å². The minimum Gasteiger partial charge on any atom is -0.496 e. The van der Waals surface area contributed by atoms with E-state index >= 15 is 0 Å². The number of hydrogen-bond donors (Lipinski definition) is 2. The summed E-state index contributed by atoms with van der Waals surface area (Å²) in [6.07, 6.45) is 0. The van der Waals surface area contributed by atoms with E-state index in [1.54, 1.807) is 19.2 Å². The van der Waals surface area contributed by atoms with Gasteiger partial charge in [-0.1, -0.05) is 18.2 Å². The summed E-state index contributed by atoms with van der Waals surface area (Å²) in [7, 11) is 1.59. The van der Waals surface area contributed by atoms with Crippen molar-refractivity contribution >= 4 is 11.9 Å². The van der Waals surface area contributed by atoms with Gasteiger partial charge in [0.2, 0.25) is 5.95 Å². The molecule has 3 N–H and O–H groups in total. The number of nitrogens with zero attached hydrogens (tertiary/aromatic N) is 2. The second kappa shape index (κ2) is 7.04. The highest BCUT2D eigenvalue weighted by atomic mass is 16.5. The number of anilines is 1. The van der Waals surface area contributed by atoms with Crippen molar-refractivity contribution in [3.8, 4) is 17.2 Å². The fraction of sp³-hybridized carbons (Fsp3) is 0.167. The highest BCUT2D eigenvalue weighted by Gasteiger charge is 2.14. The Labute approximate surface area is 144 Å². The van der Waals surface area contributed by atoms with Crippen molar-refractivity contribution in [3.63, 3.8) is 0 Å². The van der Waals surface area contributed by atoms with E-state index in [-0.39, 0.29) is 17.5 Å². The van der Waals surface area contributed by atoms with E-state index in [4.69, 9.17) is 14.9 Å². The van der Waals surface area contributed by atoms with Gasteiger partial charge in [0.05, 0.1) is 7.11 Å². The number of rotatable bonds is 5. The third-order valence-corrected chi connectivity index (χ3v) is 3.60. The molecule has 0 aliphatic carbocycles. The number of furan rings is 1. The minimum atomic E-state index is -0.357. The van der Waals surface area contributed by atoms with E-state index in [0.29, 0.717) is 23.7 Å². The van der Waals surface area contributed by atoms with Gasteiger partial charge in [0, 0.05) is 12.1 Å². The summed E-state index contributed by atoms with van der Waals surface area (Å²) in [6.45, 7) is 2.14. The van der Waals surface area contributed by atoms with Crippen molar-refractivity contribution < 1.29 is 13.9 Å². The molecule has 1 aromatic carbocycles. The Kier molecular flexibility index (Phi) is 4.65. The number of aromatic nitrogens is 2. The SMILES string of the molecule is COc1ccccc1CNC(=O)c1cc(-c2ccc(C)o2)nc(N)n1. The van der Waals surface area contributed by atoms with Crippen LogP contribution < -0.4 is 15.8 Å². The number of aryl methyl sites for hydroxylation is 1. The molecule has 128 valence electrons. The van der Waals surface area contributed by atoms with E-state index in [1.807, 2.05) is 37.3 Å². The lowest BCUT2D eigenvalue weighted by Crippen LogP contribution is -2.24. The molecule has 7 nitrogen and oxygen atoms in total. The summed E-state index contributed by atoms with van der Waals surface area (Å²) in [5.74, 6) is 1.63. The van der Waals surface area contributed by atoms with E-state index in [1.165, 1.54) is 0 Å². The lowest BCUT2D eigenvalue weighted by molar-refractivity contribution is 0.0945. The summed E-state index contributed by atoms with van der Waals surface area (Å²) < 4.78 is 10.8. The van der Waals surface area contributed by atoms with Gasteiger partial charge < -0.3 is 20.2 Å². The molecule has 2 aromatic heterocycles. The van der Waals surface area contributed by atoms with Gasteiger partial charge in [0.15, 0.2) is 5.76 Å². The van der Waals surface area contributed by atoms with Gasteiger partial charge in [-0.3, -0.25) is 4.79 Å². The fourth-order valence-electron chi connectivity index (χ4n) is 2.40. The van der Waals surface area contributed by atoms with Crippen LogP contribution >= 0.6 is 0 Å². The number of nitrogens with one attached hydrogen (secondary N) is 1. The maximum Gasteiger partial charge on any atom is 0.270 e. The van der Waals surface area contributed by atoms with E-state index in [0.717, 1.165) is 11.3 Å². The van der Waals surface area contributed by atoms with Gasteiger partial charge in [-0.15, -0.1) is 0 Å². The van der Waals surface area contributed by atoms with Crippen LogP contribution in [0.1, 0.15) is 21.8 Å². The molecule has 0 saturated heterocycles. The molecular weight excluding hydrogens is 320 g/mol. The predicted molar refractivity (Wildman–Crippen MR) is 93.0 cm³/mol. The van der Waals surface area contributed by atoms with Crippen LogP contribution in [0.3, 0.4) is 0 Å². The van der Waals surface area contributed by atoms with Gasteiger partial charge in [0.1, 0.15) is 22.9 Å². The van der Waals surface area contributed by atoms with Gasteiger partial charge in [-0.25, -0.2) is 9.97 Å². The fourth-order valence-corrected chi connectivity index (χ4v) is 2.40. The highest BCUT2D eigenvalue weighted by molar-refractivity contribution is 5.93. The molecule has 0 atom stereocenters. The highest BCUT2D eigenvalue weighted by Crippen LogP contribution is 2.21. The number of amides is 1. The Morgan fingerprint density at radius 1 is 1.24 bits per heavy atom. The number of carbonyl (C=O) groups is 1. The largest absolute Gasteiger partial charge is 0.496 e. The Balaban J connectivity index is 1.79. The predicted octanol–water partition coefficient (Wildman–Crippen LogP) is 2.57. The van der Waals surface area contributed by atoms with E-state index < -0.39 is 0 Å². The third kappa shape index (κ3) is 3.77. The number of hydrogen-bond acceptors (Lipinski definition) is 6. The Morgan fingerprint density at radius 2 is 2.04 bits per heavy atom.